The molecule has 112 valence electrons. The van der Waals surface area contributed by atoms with Crippen molar-refractivity contribution in [1.82, 2.24) is 15.2 Å². The van der Waals surface area contributed by atoms with Crippen molar-refractivity contribution in [3.05, 3.63) is 18.2 Å². The minimum absolute atomic E-state index is 0.0982. The molecule has 1 aromatic rings. The summed E-state index contributed by atoms with van der Waals surface area (Å²) < 4.78 is 35.0. The number of ether oxygens (including phenoxy) is 2. The fourth-order valence-corrected chi connectivity index (χ4v) is 2.96. The van der Waals surface area contributed by atoms with Crippen LogP contribution < -0.4 is 19.6 Å². The first kappa shape index (κ1) is 13.6. The number of benzene rings is 1. The lowest BCUT2D eigenvalue weighted by atomic mass is 10.3. The van der Waals surface area contributed by atoms with Crippen molar-refractivity contribution < 1.29 is 27.5 Å². The van der Waals surface area contributed by atoms with Crippen LogP contribution in [0.15, 0.2) is 23.1 Å². The molecule has 10 heteroatoms. The SMILES string of the molecule is O=C1CN(NS(=O)(=O)c2ccc3c(c2)OCCO3)C(=O)N1. The lowest BCUT2D eigenvalue weighted by Crippen LogP contribution is -2.44. The Balaban J connectivity index is 1.85. The molecule has 1 saturated heterocycles. The summed E-state index contributed by atoms with van der Waals surface area (Å²) in [6.45, 7) is 0.350. The van der Waals surface area contributed by atoms with Gasteiger partial charge < -0.3 is 9.47 Å². The Bertz CT molecular complexity index is 717. The second-order valence-corrected chi connectivity index (χ2v) is 6.00. The lowest BCUT2D eigenvalue weighted by molar-refractivity contribution is -0.118. The minimum Gasteiger partial charge on any atom is -0.486 e. The number of imide groups is 1. The van der Waals surface area contributed by atoms with E-state index in [2.05, 4.69) is 0 Å². The zero-order valence-corrected chi connectivity index (χ0v) is 11.5. The van der Waals surface area contributed by atoms with E-state index in [4.69, 9.17) is 9.47 Å². The fraction of sp³-hybridized carbons (Fsp3) is 0.273. The molecule has 3 rings (SSSR count). The predicted molar refractivity (Wildman–Crippen MR) is 68.0 cm³/mol. The van der Waals surface area contributed by atoms with Gasteiger partial charge in [-0.25, -0.2) is 18.2 Å². The Kier molecular flexibility index (Phi) is 3.18. The van der Waals surface area contributed by atoms with Crippen LogP contribution in [-0.2, 0) is 14.8 Å². The number of carbonyl (C=O) groups excluding carboxylic acids is 2. The second kappa shape index (κ2) is 4.90. The van der Waals surface area contributed by atoms with Crippen LogP contribution >= 0.6 is 0 Å². The third kappa shape index (κ3) is 2.62. The maximum absolute atomic E-state index is 12.2. The van der Waals surface area contributed by atoms with Crippen LogP contribution in [0.3, 0.4) is 0 Å². The van der Waals surface area contributed by atoms with E-state index in [0.29, 0.717) is 29.7 Å². The number of carbonyl (C=O) groups is 2. The summed E-state index contributed by atoms with van der Waals surface area (Å²) >= 11 is 0. The van der Waals surface area contributed by atoms with Crippen LogP contribution in [0.25, 0.3) is 0 Å². The van der Waals surface area contributed by atoms with Crippen LogP contribution in [0.1, 0.15) is 0 Å². The van der Waals surface area contributed by atoms with E-state index in [1.807, 2.05) is 10.1 Å². The fourth-order valence-electron chi connectivity index (χ4n) is 1.90. The Morgan fingerprint density at radius 2 is 1.86 bits per heavy atom. The molecule has 3 amide bonds. The van der Waals surface area contributed by atoms with Gasteiger partial charge in [-0.3, -0.25) is 10.1 Å². The largest absolute Gasteiger partial charge is 0.486 e. The number of urea groups is 1. The van der Waals surface area contributed by atoms with Gasteiger partial charge in [0.1, 0.15) is 19.8 Å². The molecule has 9 nitrogen and oxygen atoms in total. The summed E-state index contributed by atoms with van der Waals surface area (Å²) in [4.78, 5) is 24.3. The lowest BCUT2D eigenvalue weighted by Gasteiger charge is -2.20. The van der Waals surface area contributed by atoms with Gasteiger partial charge >= 0.3 is 6.03 Å². The molecule has 0 radical (unpaired) electrons. The van der Waals surface area contributed by atoms with Gasteiger partial charge in [-0.1, -0.05) is 0 Å². The predicted octanol–water partition coefficient (Wildman–Crippen LogP) is -0.797. The van der Waals surface area contributed by atoms with Crippen LogP contribution in [-0.4, -0.2) is 45.1 Å². The monoisotopic (exact) mass is 313 g/mol. The quantitative estimate of drug-likeness (QED) is 0.706. The van der Waals surface area contributed by atoms with Crippen molar-refractivity contribution in [2.24, 2.45) is 0 Å². The molecule has 2 aliphatic heterocycles. The first-order valence-corrected chi connectivity index (χ1v) is 7.47. The Morgan fingerprint density at radius 1 is 1.14 bits per heavy atom. The first-order valence-electron chi connectivity index (χ1n) is 5.99. The third-order valence-corrected chi connectivity index (χ3v) is 4.18. The standard InChI is InChI=1S/C11H11N3O6S/c15-10-6-14(11(16)12-10)13-21(17,18)7-1-2-8-9(5-7)20-4-3-19-8/h1-2,5,13H,3-4,6H2,(H,12,15,16). The molecule has 0 aromatic heterocycles. The molecular weight excluding hydrogens is 302 g/mol. The van der Waals surface area contributed by atoms with Gasteiger partial charge in [0, 0.05) is 6.07 Å². The summed E-state index contributed by atoms with van der Waals surface area (Å²) in [5.41, 5.74) is 0. The van der Waals surface area contributed by atoms with E-state index in [1.165, 1.54) is 18.2 Å². The van der Waals surface area contributed by atoms with E-state index in [0.717, 1.165) is 0 Å². The average Bonchev–Trinajstić information content (AvgIpc) is 2.75. The molecule has 2 N–H and O–H groups in total. The molecule has 0 atom stereocenters. The van der Waals surface area contributed by atoms with Gasteiger partial charge in [-0.15, -0.1) is 4.83 Å². The van der Waals surface area contributed by atoms with Crippen molar-refractivity contribution in [1.29, 1.82) is 0 Å². The molecule has 1 fully saturated rings. The van der Waals surface area contributed by atoms with Crippen LogP contribution in [0, 0.1) is 0 Å². The number of nitrogens with one attached hydrogen (secondary N) is 2. The van der Waals surface area contributed by atoms with Crippen molar-refractivity contribution in [3.63, 3.8) is 0 Å². The minimum atomic E-state index is -4.01. The highest BCUT2D eigenvalue weighted by Gasteiger charge is 2.31. The maximum Gasteiger partial charge on any atom is 0.339 e. The maximum atomic E-state index is 12.2. The van der Waals surface area contributed by atoms with Gasteiger partial charge in [0.15, 0.2) is 11.5 Å². The molecule has 2 aliphatic rings. The van der Waals surface area contributed by atoms with Crippen LogP contribution in [0.2, 0.25) is 0 Å². The van der Waals surface area contributed by atoms with E-state index in [-0.39, 0.29) is 11.4 Å². The Labute approximate surface area is 119 Å². The summed E-state index contributed by atoms with van der Waals surface area (Å²) in [6, 6.07) is 3.28. The highest BCUT2D eigenvalue weighted by atomic mass is 32.2. The molecule has 0 spiro atoms. The van der Waals surface area contributed by atoms with Gasteiger partial charge in [-0.2, -0.15) is 0 Å². The molecule has 21 heavy (non-hydrogen) atoms. The van der Waals surface area contributed by atoms with Crippen molar-refractivity contribution in [2.75, 3.05) is 19.8 Å². The van der Waals surface area contributed by atoms with E-state index < -0.39 is 22.0 Å². The number of hydrogen-bond donors (Lipinski definition) is 2. The molecule has 2 heterocycles. The highest BCUT2D eigenvalue weighted by Crippen LogP contribution is 2.32. The van der Waals surface area contributed by atoms with Gasteiger partial charge in [-0.05, 0) is 12.1 Å². The summed E-state index contributed by atoms with van der Waals surface area (Å²) in [5.74, 6) is 0.185. The van der Waals surface area contributed by atoms with Crippen molar-refractivity contribution in [3.8, 4) is 11.5 Å². The number of rotatable bonds is 3. The molecular formula is C11H11N3O6S. The number of hydrazine groups is 1. The van der Waals surface area contributed by atoms with Crippen LogP contribution in [0.5, 0.6) is 11.5 Å². The smallest absolute Gasteiger partial charge is 0.339 e. The van der Waals surface area contributed by atoms with Gasteiger partial charge in [0.2, 0.25) is 5.91 Å². The summed E-state index contributed by atoms with van der Waals surface area (Å²) in [6.07, 6.45) is 0. The average molecular weight is 313 g/mol. The first-order chi connectivity index (χ1) is 9.95. The molecule has 0 saturated carbocycles. The van der Waals surface area contributed by atoms with Crippen LogP contribution in [0.4, 0.5) is 4.79 Å². The summed E-state index contributed by atoms with van der Waals surface area (Å²) in [7, 11) is -4.01. The zero-order valence-electron chi connectivity index (χ0n) is 10.7. The normalized spacial score (nSPS) is 17.8. The number of fused-ring (bicyclic) bond motifs is 1. The molecule has 1 aromatic carbocycles. The molecule has 0 unspecified atom stereocenters. The topological polar surface area (TPSA) is 114 Å². The zero-order chi connectivity index (χ0) is 15.0. The van der Waals surface area contributed by atoms with E-state index in [1.54, 1.807) is 0 Å². The number of nitrogens with zero attached hydrogens (tertiary/aromatic N) is 1. The Morgan fingerprint density at radius 3 is 2.52 bits per heavy atom. The molecule has 0 bridgehead atoms. The number of hydrogen-bond acceptors (Lipinski definition) is 6. The van der Waals surface area contributed by atoms with Crippen molar-refractivity contribution in [2.45, 2.75) is 4.90 Å². The van der Waals surface area contributed by atoms with Gasteiger partial charge in [0.05, 0.1) is 4.90 Å². The third-order valence-electron chi connectivity index (χ3n) is 2.85. The highest BCUT2D eigenvalue weighted by molar-refractivity contribution is 7.89. The Hall–Kier alpha value is -2.33. The number of amides is 3. The van der Waals surface area contributed by atoms with E-state index >= 15 is 0 Å². The van der Waals surface area contributed by atoms with E-state index in [9.17, 15) is 18.0 Å². The second-order valence-electron chi connectivity index (χ2n) is 4.34. The summed E-state index contributed by atoms with van der Waals surface area (Å²) in [5, 5.41) is 2.66. The van der Waals surface area contributed by atoms with Crippen molar-refractivity contribution >= 4 is 22.0 Å². The number of sulfonamides is 1. The molecule has 0 aliphatic carbocycles. The van der Waals surface area contributed by atoms with Gasteiger partial charge in [0.25, 0.3) is 10.0 Å².